The van der Waals surface area contributed by atoms with Crippen LogP contribution in [0.3, 0.4) is 0 Å². The third-order valence-corrected chi connectivity index (χ3v) is 3.41. The van der Waals surface area contributed by atoms with E-state index in [1.165, 1.54) is 32.4 Å². The molecule has 1 aliphatic heterocycles. The fraction of sp³-hybridized carbons (Fsp3) is 1.00. The van der Waals surface area contributed by atoms with Gasteiger partial charge in [0, 0.05) is 38.3 Å². The fourth-order valence-corrected chi connectivity index (χ4v) is 2.38. The van der Waals surface area contributed by atoms with E-state index in [1.54, 1.807) is 0 Å². The first kappa shape index (κ1) is 12.3. The van der Waals surface area contributed by atoms with E-state index in [0.717, 1.165) is 25.8 Å². The van der Waals surface area contributed by atoms with Gasteiger partial charge in [-0.1, -0.05) is 13.8 Å². The summed E-state index contributed by atoms with van der Waals surface area (Å²) in [6.07, 6.45) is 4.19. The second-order valence-electron chi connectivity index (χ2n) is 5.63. The summed E-state index contributed by atoms with van der Waals surface area (Å²) >= 11 is 0. The van der Waals surface area contributed by atoms with Gasteiger partial charge in [0.05, 0.1) is 6.61 Å². The molecular formula is C13H26N2O. The van der Waals surface area contributed by atoms with Crippen LogP contribution in [0.5, 0.6) is 0 Å². The Morgan fingerprint density at radius 3 is 2.81 bits per heavy atom. The van der Waals surface area contributed by atoms with Crippen molar-refractivity contribution in [1.82, 2.24) is 10.2 Å². The van der Waals surface area contributed by atoms with Crippen LogP contribution in [0.1, 0.15) is 33.1 Å². The summed E-state index contributed by atoms with van der Waals surface area (Å²) < 4.78 is 5.57. The van der Waals surface area contributed by atoms with Crippen molar-refractivity contribution < 1.29 is 4.74 Å². The van der Waals surface area contributed by atoms with Gasteiger partial charge in [0.2, 0.25) is 0 Å². The van der Waals surface area contributed by atoms with Crippen LogP contribution in [-0.2, 0) is 4.74 Å². The van der Waals surface area contributed by atoms with Crippen molar-refractivity contribution in [3.05, 3.63) is 0 Å². The van der Waals surface area contributed by atoms with Gasteiger partial charge in [-0.25, -0.2) is 0 Å². The summed E-state index contributed by atoms with van der Waals surface area (Å²) in [7, 11) is 0. The van der Waals surface area contributed by atoms with Gasteiger partial charge < -0.3 is 10.1 Å². The molecule has 2 rings (SSSR count). The van der Waals surface area contributed by atoms with Crippen molar-refractivity contribution in [2.45, 2.75) is 45.2 Å². The first-order valence-corrected chi connectivity index (χ1v) is 6.81. The number of nitrogens with zero attached hydrogens (tertiary/aromatic N) is 1. The van der Waals surface area contributed by atoms with Crippen LogP contribution in [0.15, 0.2) is 0 Å². The summed E-state index contributed by atoms with van der Waals surface area (Å²) in [6.45, 7) is 9.70. The first-order chi connectivity index (χ1) is 7.75. The average molecular weight is 226 g/mol. The average Bonchev–Trinajstić information content (AvgIpc) is 2.99. The van der Waals surface area contributed by atoms with Crippen LogP contribution in [0, 0.1) is 5.92 Å². The molecule has 16 heavy (non-hydrogen) atoms. The lowest BCUT2D eigenvalue weighted by molar-refractivity contribution is 0.110. The van der Waals surface area contributed by atoms with Crippen molar-refractivity contribution in [3.63, 3.8) is 0 Å². The molecule has 0 bridgehead atoms. The Bertz CT molecular complexity index is 204. The van der Waals surface area contributed by atoms with E-state index in [1.807, 2.05) is 0 Å². The summed E-state index contributed by atoms with van der Waals surface area (Å²) in [4.78, 5) is 2.65. The predicted octanol–water partition coefficient (Wildman–Crippen LogP) is 1.49. The van der Waals surface area contributed by atoms with E-state index in [0.29, 0.717) is 12.0 Å². The van der Waals surface area contributed by atoms with E-state index in [2.05, 4.69) is 24.1 Å². The number of likely N-dealkylation sites (tertiary alicyclic amines) is 1. The molecule has 0 spiro atoms. The highest BCUT2D eigenvalue weighted by Gasteiger charge is 2.33. The molecule has 0 unspecified atom stereocenters. The highest BCUT2D eigenvalue weighted by Crippen LogP contribution is 2.29. The molecule has 1 heterocycles. The Hall–Kier alpha value is -0.120. The minimum Gasteiger partial charge on any atom is -0.380 e. The molecule has 0 aromatic rings. The van der Waals surface area contributed by atoms with Crippen LogP contribution in [0.2, 0.25) is 0 Å². The van der Waals surface area contributed by atoms with Crippen molar-refractivity contribution in [2.24, 2.45) is 5.92 Å². The Balaban J connectivity index is 1.47. The minimum atomic E-state index is 0.650. The number of hydrogen-bond acceptors (Lipinski definition) is 3. The third kappa shape index (κ3) is 4.04. The molecule has 2 aliphatic rings. The highest BCUT2D eigenvalue weighted by atomic mass is 16.5. The predicted molar refractivity (Wildman–Crippen MR) is 66.7 cm³/mol. The van der Waals surface area contributed by atoms with E-state index >= 15 is 0 Å². The maximum absolute atomic E-state index is 5.57. The zero-order valence-electron chi connectivity index (χ0n) is 10.7. The van der Waals surface area contributed by atoms with Crippen molar-refractivity contribution in [1.29, 1.82) is 0 Å². The van der Waals surface area contributed by atoms with E-state index in [-0.39, 0.29) is 0 Å². The molecule has 2 fully saturated rings. The third-order valence-electron chi connectivity index (χ3n) is 3.41. The summed E-state index contributed by atoms with van der Waals surface area (Å²) in [5.74, 6) is 0.650. The second-order valence-corrected chi connectivity index (χ2v) is 5.63. The standard InChI is InChI=1S/C13H26N2O/c1-11(2)10-16-8-6-14-12-5-7-15(9-12)13-3-4-13/h11-14H,3-10H2,1-2H3/t12-/m1/s1. The molecule has 0 aromatic carbocycles. The SMILES string of the molecule is CC(C)COCCN[C@@H]1CCN(C2CC2)C1. The first-order valence-electron chi connectivity index (χ1n) is 6.81. The van der Waals surface area contributed by atoms with Gasteiger partial charge in [0.1, 0.15) is 0 Å². The number of hydrogen-bond donors (Lipinski definition) is 1. The van der Waals surface area contributed by atoms with Gasteiger partial charge in [0.15, 0.2) is 0 Å². The molecule has 1 aliphatic carbocycles. The monoisotopic (exact) mass is 226 g/mol. The van der Waals surface area contributed by atoms with Crippen LogP contribution < -0.4 is 5.32 Å². The maximum Gasteiger partial charge on any atom is 0.0591 e. The molecule has 94 valence electrons. The van der Waals surface area contributed by atoms with E-state index < -0.39 is 0 Å². The van der Waals surface area contributed by atoms with Crippen LogP contribution >= 0.6 is 0 Å². The summed E-state index contributed by atoms with van der Waals surface area (Å²) in [5.41, 5.74) is 0. The fourth-order valence-electron chi connectivity index (χ4n) is 2.38. The lowest BCUT2D eigenvalue weighted by atomic mass is 10.2. The number of rotatable bonds is 7. The van der Waals surface area contributed by atoms with Crippen LogP contribution in [0.4, 0.5) is 0 Å². The van der Waals surface area contributed by atoms with E-state index in [9.17, 15) is 0 Å². The van der Waals surface area contributed by atoms with Gasteiger partial charge in [-0.05, 0) is 25.2 Å². The van der Waals surface area contributed by atoms with Gasteiger partial charge in [0.25, 0.3) is 0 Å². The van der Waals surface area contributed by atoms with Gasteiger partial charge >= 0.3 is 0 Å². The Kier molecular flexibility index (Phi) is 4.62. The normalized spacial score (nSPS) is 26.8. The zero-order chi connectivity index (χ0) is 11.4. The van der Waals surface area contributed by atoms with Gasteiger partial charge in [-0.3, -0.25) is 4.90 Å². The molecule has 3 nitrogen and oxygen atoms in total. The molecule has 1 saturated carbocycles. The molecule has 0 radical (unpaired) electrons. The van der Waals surface area contributed by atoms with Crippen molar-refractivity contribution in [2.75, 3.05) is 32.8 Å². The number of ether oxygens (including phenoxy) is 1. The lowest BCUT2D eigenvalue weighted by Gasteiger charge is -2.16. The lowest BCUT2D eigenvalue weighted by Crippen LogP contribution is -2.35. The van der Waals surface area contributed by atoms with E-state index in [4.69, 9.17) is 4.74 Å². The van der Waals surface area contributed by atoms with Crippen molar-refractivity contribution >= 4 is 0 Å². The molecule has 0 aromatic heterocycles. The molecule has 1 atom stereocenters. The molecule has 3 heteroatoms. The Labute approximate surface area is 99.5 Å². The maximum atomic E-state index is 5.57. The molecule has 0 amide bonds. The summed E-state index contributed by atoms with van der Waals surface area (Å²) in [5, 5.41) is 3.60. The highest BCUT2D eigenvalue weighted by molar-refractivity contribution is 4.91. The molecule has 1 N–H and O–H groups in total. The van der Waals surface area contributed by atoms with Gasteiger partial charge in [-0.15, -0.1) is 0 Å². The largest absolute Gasteiger partial charge is 0.380 e. The summed E-state index contributed by atoms with van der Waals surface area (Å²) in [6, 6.07) is 1.65. The molecular weight excluding hydrogens is 200 g/mol. The Morgan fingerprint density at radius 2 is 2.12 bits per heavy atom. The Morgan fingerprint density at radius 1 is 1.31 bits per heavy atom. The number of nitrogens with one attached hydrogen (secondary N) is 1. The van der Waals surface area contributed by atoms with Crippen LogP contribution in [-0.4, -0.2) is 49.8 Å². The van der Waals surface area contributed by atoms with Gasteiger partial charge in [-0.2, -0.15) is 0 Å². The minimum absolute atomic E-state index is 0.650. The van der Waals surface area contributed by atoms with Crippen molar-refractivity contribution in [3.8, 4) is 0 Å². The second kappa shape index (κ2) is 5.99. The van der Waals surface area contributed by atoms with Crippen LogP contribution in [0.25, 0.3) is 0 Å². The molecule has 1 saturated heterocycles. The topological polar surface area (TPSA) is 24.5 Å². The smallest absolute Gasteiger partial charge is 0.0591 e. The quantitative estimate of drug-likeness (QED) is 0.666. The zero-order valence-corrected chi connectivity index (χ0v) is 10.7.